The van der Waals surface area contributed by atoms with Gasteiger partial charge in [-0.25, -0.2) is 18.4 Å². The van der Waals surface area contributed by atoms with Gasteiger partial charge in [0.05, 0.1) is 11.5 Å². The Balaban J connectivity index is 2.31. The average Bonchev–Trinajstić information content (AvgIpc) is 2.33. The van der Waals surface area contributed by atoms with Crippen molar-refractivity contribution < 1.29 is 8.42 Å². The molecule has 0 N–H and O–H groups in total. The molecule has 2 heterocycles. The van der Waals surface area contributed by atoms with E-state index in [9.17, 15) is 8.42 Å². The molecule has 0 saturated carbocycles. The summed E-state index contributed by atoms with van der Waals surface area (Å²) < 4.78 is 22.8. The highest BCUT2D eigenvalue weighted by Crippen LogP contribution is 2.24. The van der Waals surface area contributed by atoms with E-state index < -0.39 is 9.84 Å². The van der Waals surface area contributed by atoms with Crippen LogP contribution in [0.1, 0.15) is 18.3 Å². The molecule has 0 radical (unpaired) electrons. The summed E-state index contributed by atoms with van der Waals surface area (Å²) in [5, 5.41) is 0.449. The molecule has 0 aromatic carbocycles. The maximum absolute atomic E-state index is 11.4. The smallest absolute Gasteiger partial charge is 0.153 e. The predicted molar refractivity (Wildman–Crippen MR) is 72.0 cm³/mol. The van der Waals surface area contributed by atoms with Gasteiger partial charge in [0.15, 0.2) is 9.84 Å². The van der Waals surface area contributed by atoms with Crippen LogP contribution in [0.5, 0.6) is 0 Å². The van der Waals surface area contributed by atoms with Crippen LogP contribution in [0.2, 0.25) is 5.15 Å². The van der Waals surface area contributed by atoms with Crippen LogP contribution in [-0.2, 0) is 16.3 Å². The molecule has 1 fully saturated rings. The maximum Gasteiger partial charge on any atom is 0.153 e. The number of rotatable bonds is 2. The van der Waals surface area contributed by atoms with Gasteiger partial charge in [-0.3, -0.25) is 0 Å². The van der Waals surface area contributed by atoms with Crippen molar-refractivity contribution in [2.45, 2.75) is 20.3 Å². The molecule has 1 aliphatic rings. The van der Waals surface area contributed by atoms with Gasteiger partial charge in [0.2, 0.25) is 0 Å². The van der Waals surface area contributed by atoms with Crippen LogP contribution in [0.3, 0.4) is 0 Å². The van der Waals surface area contributed by atoms with Gasteiger partial charge in [-0.2, -0.15) is 0 Å². The van der Waals surface area contributed by atoms with E-state index in [0.717, 1.165) is 11.4 Å². The van der Waals surface area contributed by atoms with Crippen molar-refractivity contribution >= 4 is 27.3 Å². The minimum absolute atomic E-state index is 0.176. The molecular weight excluding hydrogens is 274 g/mol. The summed E-state index contributed by atoms with van der Waals surface area (Å²) >= 11 is 6.08. The van der Waals surface area contributed by atoms with Crippen LogP contribution in [-0.4, -0.2) is 43.0 Å². The third kappa shape index (κ3) is 2.75. The maximum atomic E-state index is 11.4. The Kier molecular flexibility index (Phi) is 3.77. The molecule has 1 aromatic heterocycles. The Morgan fingerprint density at radius 3 is 2.44 bits per heavy atom. The summed E-state index contributed by atoms with van der Waals surface area (Å²) in [7, 11) is -2.88. The number of hydrogen-bond acceptors (Lipinski definition) is 5. The van der Waals surface area contributed by atoms with Crippen LogP contribution < -0.4 is 4.90 Å². The van der Waals surface area contributed by atoms with Gasteiger partial charge in [0.1, 0.15) is 16.8 Å². The number of anilines is 1. The van der Waals surface area contributed by atoms with E-state index in [1.165, 1.54) is 0 Å². The summed E-state index contributed by atoms with van der Waals surface area (Å²) in [5.41, 5.74) is 0.813. The zero-order valence-electron chi connectivity index (χ0n) is 10.5. The lowest BCUT2D eigenvalue weighted by Gasteiger charge is -2.29. The zero-order valence-corrected chi connectivity index (χ0v) is 12.1. The fourth-order valence-corrected chi connectivity index (χ4v) is 3.29. The molecule has 1 aromatic rings. The first-order chi connectivity index (χ1) is 8.43. The monoisotopic (exact) mass is 289 g/mol. The highest BCUT2D eigenvalue weighted by atomic mass is 35.5. The second kappa shape index (κ2) is 5.01. The summed E-state index contributed by atoms with van der Waals surface area (Å²) in [4.78, 5) is 10.6. The van der Waals surface area contributed by atoms with Crippen molar-refractivity contribution in [3.63, 3.8) is 0 Å². The summed E-state index contributed by atoms with van der Waals surface area (Å²) in [6, 6.07) is 0. The third-order valence-corrected chi connectivity index (χ3v) is 5.04. The first kappa shape index (κ1) is 13.5. The number of sulfone groups is 1. The highest BCUT2D eigenvalue weighted by Gasteiger charge is 2.24. The summed E-state index contributed by atoms with van der Waals surface area (Å²) in [6.45, 7) is 4.77. The third-order valence-electron chi connectivity index (χ3n) is 3.07. The topological polar surface area (TPSA) is 63.2 Å². The van der Waals surface area contributed by atoms with Gasteiger partial charge < -0.3 is 4.90 Å². The van der Waals surface area contributed by atoms with Crippen molar-refractivity contribution in [3.8, 4) is 0 Å². The molecule has 7 heteroatoms. The van der Waals surface area contributed by atoms with Crippen LogP contribution in [0.15, 0.2) is 0 Å². The number of halogens is 1. The lowest BCUT2D eigenvalue weighted by molar-refractivity contribution is 0.586. The quantitative estimate of drug-likeness (QED) is 0.767. The number of hydrogen-bond donors (Lipinski definition) is 0. The van der Waals surface area contributed by atoms with E-state index >= 15 is 0 Å². The molecule has 0 amide bonds. The molecule has 2 rings (SSSR count). The molecule has 5 nitrogen and oxygen atoms in total. The second-order valence-electron chi connectivity index (χ2n) is 4.37. The zero-order chi connectivity index (χ0) is 13.3. The molecule has 18 heavy (non-hydrogen) atoms. The van der Waals surface area contributed by atoms with Gasteiger partial charge >= 0.3 is 0 Å². The fraction of sp³-hybridized carbons (Fsp3) is 0.636. The van der Waals surface area contributed by atoms with E-state index in [2.05, 4.69) is 9.97 Å². The SMILES string of the molecule is CCc1nc(Cl)c(C)c(N2CCS(=O)(=O)CC2)n1. The Hall–Kier alpha value is -0.880. The first-order valence-corrected chi connectivity index (χ1v) is 8.11. The minimum Gasteiger partial charge on any atom is -0.354 e. The predicted octanol–water partition coefficient (Wildman–Crippen LogP) is 1.24. The standard InChI is InChI=1S/C11H16ClN3O2S/c1-3-9-13-10(12)8(2)11(14-9)15-4-6-18(16,17)7-5-15/h3-7H2,1-2H3. The van der Waals surface area contributed by atoms with E-state index in [0.29, 0.717) is 30.5 Å². The van der Waals surface area contributed by atoms with Gasteiger partial charge in [-0.05, 0) is 6.92 Å². The molecule has 1 aliphatic heterocycles. The van der Waals surface area contributed by atoms with Crippen molar-refractivity contribution in [1.29, 1.82) is 0 Å². The molecular formula is C11H16ClN3O2S. The number of nitrogens with zero attached hydrogens (tertiary/aromatic N) is 3. The molecule has 0 unspecified atom stereocenters. The normalized spacial score (nSPS) is 18.9. The number of aryl methyl sites for hydroxylation is 1. The average molecular weight is 290 g/mol. The minimum atomic E-state index is -2.88. The Morgan fingerprint density at radius 2 is 1.89 bits per heavy atom. The van der Waals surface area contributed by atoms with Crippen molar-refractivity contribution in [3.05, 3.63) is 16.5 Å². The van der Waals surface area contributed by atoms with Crippen LogP contribution in [0.25, 0.3) is 0 Å². The van der Waals surface area contributed by atoms with Crippen molar-refractivity contribution in [2.75, 3.05) is 29.5 Å². The van der Waals surface area contributed by atoms with Gasteiger partial charge in [0, 0.05) is 25.1 Å². The largest absolute Gasteiger partial charge is 0.354 e. The Morgan fingerprint density at radius 1 is 1.28 bits per heavy atom. The summed E-state index contributed by atoms with van der Waals surface area (Å²) in [6.07, 6.45) is 0.707. The van der Waals surface area contributed by atoms with E-state index in [4.69, 9.17) is 11.6 Å². The number of aromatic nitrogens is 2. The van der Waals surface area contributed by atoms with E-state index in [1.807, 2.05) is 18.7 Å². The van der Waals surface area contributed by atoms with Crippen LogP contribution in [0, 0.1) is 6.92 Å². The van der Waals surface area contributed by atoms with Crippen molar-refractivity contribution in [2.24, 2.45) is 0 Å². The van der Waals surface area contributed by atoms with Gasteiger partial charge in [-0.1, -0.05) is 18.5 Å². The highest BCUT2D eigenvalue weighted by molar-refractivity contribution is 7.91. The lowest BCUT2D eigenvalue weighted by Crippen LogP contribution is -2.41. The molecule has 0 spiro atoms. The first-order valence-electron chi connectivity index (χ1n) is 5.91. The van der Waals surface area contributed by atoms with Crippen LogP contribution in [0.4, 0.5) is 5.82 Å². The van der Waals surface area contributed by atoms with Gasteiger partial charge in [0.25, 0.3) is 0 Å². The molecule has 1 saturated heterocycles. The molecule has 0 atom stereocenters. The van der Waals surface area contributed by atoms with E-state index in [1.54, 1.807) is 0 Å². The molecule has 100 valence electrons. The van der Waals surface area contributed by atoms with Crippen LogP contribution >= 0.6 is 11.6 Å². The van der Waals surface area contributed by atoms with Gasteiger partial charge in [-0.15, -0.1) is 0 Å². The fourth-order valence-electron chi connectivity index (χ4n) is 1.91. The Bertz CT molecular complexity index is 546. The lowest BCUT2D eigenvalue weighted by atomic mass is 10.3. The second-order valence-corrected chi connectivity index (χ2v) is 7.03. The molecule has 0 aliphatic carbocycles. The summed E-state index contributed by atoms with van der Waals surface area (Å²) in [5.74, 6) is 1.81. The Labute approximate surface area is 112 Å². The van der Waals surface area contributed by atoms with E-state index in [-0.39, 0.29) is 11.5 Å². The molecule has 0 bridgehead atoms. The van der Waals surface area contributed by atoms with Crippen molar-refractivity contribution in [1.82, 2.24) is 9.97 Å².